The lowest BCUT2D eigenvalue weighted by Gasteiger charge is -2.08. The Balaban J connectivity index is 1.81. The smallest absolute Gasteiger partial charge is 0.133 e. The summed E-state index contributed by atoms with van der Waals surface area (Å²) in [5.41, 5.74) is 3.48. The molecule has 3 nitrogen and oxygen atoms in total. The number of methoxy groups -OCH3 is 1. The van der Waals surface area contributed by atoms with Crippen molar-refractivity contribution in [2.75, 3.05) is 12.4 Å². The van der Waals surface area contributed by atoms with Crippen LogP contribution in [0.5, 0.6) is 5.75 Å². The molecule has 0 aromatic heterocycles. The van der Waals surface area contributed by atoms with Gasteiger partial charge in [0.25, 0.3) is 0 Å². The molecule has 1 aliphatic heterocycles. The van der Waals surface area contributed by atoms with Crippen LogP contribution in [-0.4, -0.2) is 12.9 Å². The number of fused-ring (bicyclic) bond motifs is 1. The van der Waals surface area contributed by atoms with Gasteiger partial charge in [-0.3, -0.25) is 4.99 Å². The van der Waals surface area contributed by atoms with E-state index in [0.29, 0.717) is 0 Å². The zero-order valence-corrected chi connectivity index (χ0v) is 10.2. The standard InChI is InChI=1S/C15H14N2O/c1-18-13-8-6-12(7-9-13)17-15-14-5-3-2-4-11(14)10-16-15/h2-9H,10H2,1H3,(H,16,17). The first-order valence-corrected chi connectivity index (χ1v) is 5.90. The van der Waals surface area contributed by atoms with Gasteiger partial charge in [-0.1, -0.05) is 24.3 Å². The number of aliphatic imine (C=N–C) groups is 1. The number of nitrogens with one attached hydrogen (secondary N) is 1. The maximum Gasteiger partial charge on any atom is 0.133 e. The molecule has 2 aromatic carbocycles. The van der Waals surface area contributed by atoms with E-state index in [0.717, 1.165) is 23.8 Å². The second-order valence-electron chi connectivity index (χ2n) is 4.18. The summed E-state index contributed by atoms with van der Waals surface area (Å²) < 4.78 is 5.14. The first kappa shape index (κ1) is 10.8. The SMILES string of the molecule is COc1ccc(NC2=NCc3ccccc32)cc1. The maximum absolute atomic E-state index is 5.14. The average Bonchev–Trinajstić information content (AvgIpc) is 2.83. The highest BCUT2D eigenvalue weighted by atomic mass is 16.5. The van der Waals surface area contributed by atoms with Crippen LogP contribution in [0.25, 0.3) is 0 Å². The van der Waals surface area contributed by atoms with Gasteiger partial charge in [-0.2, -0.15) is 0 Å². The van der Waals surface area contributed by atoms with Gasteiger partial charge >= 0.3 is 0 Å². The lowest BCUT2D eigenvalue weighted by molar-refractivity contribution is 0.415. The number of rotatable bonds is 2. The van der Waals surface area contributed by atoms with Crippen molar-refractivity contribution < 1.29 is 4.74 Å². The second kappa shape index (κ2) is 4.53. The fourth-order valence-corrected chi connectivity index (χ4v) is 2.06. The van der Waals surface area contributed by atoms with Gasteiger partial charge < -0.3 is 10.1 Å². The van der Waals surface area contributed by atoms with E-state index in [1.54, 1.807) is 7.11 Å². The van der Waals surface area contributed by atoms with Gasteiger partial charge in [0, 0.05) is 11.3 Å². The number of amidine groups is 1. The average molecular weight is 238 g/mol. The predicted octanol–water partition coefficient (Wildman–Crippen LogP) is 3.07. The summed E-state index contributed by atoms with van der Waals surface area (Å²) in [5, 5.41) is 3.34. The van der Waals surface area contributed by atoms with Gasteiger partial charge in [0.1, 0.15) is 11.6 Å². The van der Waals surface area contributed by atoms with Gasteiger partial charge in [0.15, 0.2) is 0 Å². The molecule has 2 aromatic rings. The molecule has 3 heteroatoms. The molecule has 0 aliphatic carbocycles. The summed E-state index contributed by atoms with van der Waals surface area (Å²) in [5.74, 6) is 1.80. The highest BCUT2D eigenvalue weighted by Crippen LogP contribution is 2.21. The van der Waals surface area contributed by atoms with Gasteiger partial charge in [0.2, 0.25) is 0 Å². The lowest BCUT2D eigenvalue weighted by atomic mass is 10.1. The minimum atomic E-state index is 0.759. The maximum atomic E-state index is 5.14. The van der Waals surface area contributed by atoms with E-state index in [1.165, 1.54) is 11.1 Å². The van der Waals surface area contributed by atoms with Gasteiger partial charge in [-0.05, 0) is 29.8 Å². The Hall–Kier alpha value is -2.29. The van der Waals surface area contributed by atoms with Crippen LogP contribution in [0.4, 0.5) is 5.69 Å². The third-order valence-electron chi connectivity index (χ3n) is 3.03. The number of hydrogen-bond acceptors (Lipinski definition) is 3. The molecule has 1 N–H and O–H groups in total. The second-order valence-corrected chi connectivity index (χ2v) is 4.18. The van der Waals surface area contributed by atoms with Crippen LogP contribution in [-0.2, 0) is 6.54 Å². The highest BCUT2D eigenvalue weighted by Gasteiger charge is 2.14. The molecule has 0 radical (unpaired) electrons. The van der Waals surface area contributed by atoms with Crippen molar-refractivity contribution in [1.29, 1.82) is 0 Å². The first-order valence-electron chi connectivity index (χ1n) is 5.90. The molecular weight excluding hydrogens is 224 g/mol. The third-order valence-corrected chi connectivity index (χ3v) is 3.03. The van der Waals surface area contributed by atoms with E-state index < -0.39 is 0 Å². The van der Waals surface area contributed by atoms with Crippen molar-refractivity contribution in [3.63, 3.8) is 0 Å². The Kier molecular flexibility index (Phi) is 2.73. The molecule has 0 fully saturated rings. The molecule has 3 rings (SSSR count). The van der Waals surface area contributed by atoms with Crippen LogP contribution in [0, 0.1) is 0 Å². The van der Waals surface area contributed by atoms with Crippen LogP contribution < -0.4 is 10.1 Å². The monoisotopic (exact) mass is 238 g/mol. The zero-order chi connectivity index (χ0) is 12.4. The fraction of sp³-hybridized carbons (Fsp3) is 0.133. The van der Waals surface area contributed by atoms with Gasteiger partial charge in [-0.25, -0.2) is 0 Å². The van der Waals surface area contributed by atoms with Crippen molar-refractivity contribution in [2.45, 2.75) is 6.54 Å². The van der Waals surface area contributed by atoms with Crippen molar-refractivity contribution in [3.8, 4) is 5.75 Å². The van der Waals surface area contributed by atoms with E-state index in [9.17, 15) is 0 Å². The largest absolute Gasteiger partial charge is 0.497 e. The quantitative estimate of drug-likeness (QED) is 0.872. The molecular formula is C15H14N2O. The highest BCUT2D eigenvalue weighted by molar-refractivity contribution is 6.10. The normalized spacial score (nSPS) is 12.8. The molecule has 18 heavy (non-hydrogen) atoms. The van der Waals surface area contributed by atoms with Crippen LogP contribution in [0.15, 0.2) is 53.5 Å². The molecule has 0 bridgehead atoms. The minimum absolute atomic E-state index is 0.759. The molecule has 0 saturated heterocycles. The molecule has 0 unspecified atom stereocenters. The number of anilines is 1. The molecule has 0 spiro atoms. The first-order chi connectivity index (χ1) is 8.86. The van der Waals surface area contributed by atoms with Crippen LogP contribution in [0.3, 0.4) is 0 Å². The van der Waals surface area contributed by atoms with Crippen LogP contribution in [0.2, 0.25) is 0 Å². The fourth-order valence-electron chi connectivity index (χ4n) is 2.06. The zero-order valence-electron chi connectivity index (χ0n) is 10.2. The van der Waals surface area contributed by atoms with Crippen molar-refractivity contribution in [2.24, 2.45) is 4.99 Å². The van der Waals surface area contributed by atoms with Crippen LogP contribution >= 0.6 is 0 Å². The van der Waals surface area contributed by atoms with Crippen LogP contribution in [0.1, 0.15) is 11.1 Å². The Labute approximate surface area is 106 Å². The van der Waals surface area contributed by atoms with Crippen molar-refractivity contribution in [3.05, 3.63) is 59.7 Å². The summed E-state index contributed by atoms with van der Waals surface area (Å²) >= 11 is 0. The number of hydrogen-bond donors (Lipinski definition) is 1. The van der Waals surface area contributed by atoms with Crippen molar-refractivity contribution in [1.82, 2.24) is 0 Å². The van der Waals surface area contributed by atoms with E-state index in [2.05, 4.69) is 22.4 Å². The molecule has 90 valence electrons. The van der Waals surface area contributed by atoms with Crippen molar-refractivity contribution >= 4 is 11.5 Å². The summed E-state index contributed by atoms with van der Waals surface area (Å²) in [6.07, 6.45) is 0. The summed E-state index contributed by atoms with van der Waals surface area (Å²) in [6.45, 7) is 0.759. The topological polar surface area (TPSA) is 33.6 Å². The predicted molar refractivity (Wildman–Crippen MR) is 73.3 cm³/mol. The number of ether oxygens (including phenoxy) is 1. The summed E-state index contributed by atoms with van der Waals surface area (Å²) in [7, 11) is 1.67. The van der Waals surface area contributed by atoms with E-state index >= 15 is 0 Å². The molecule has 0 amide bonds. The minimum Gasteiger partial charge on any atom is -0.497 e. The van der Waals surface area contributed by atoms with Gasteiger partial charge in [-0.15, -0.1) is 0 Å². The molecule has 1 heterocycles. The Bertz CT molecular complexity index is 588. The third kappa shape index (κ3) is 1.95. The number of benzene rings is 2. The Morgan fingerprint density at radius 3 is 2.61 bits per heavy atom. The molecule has 1 aliphatic rings. The van der Waals surface area contributed by atoms with E-state index in [-0.39, 0.29) is 0 Å². The molecule has 0 atom stereocenters. The summed E-state index contributed by atoms with van der Waals surface area (Å²) in [6, 6.07) is 16.1. The van der Waals surface area contributed by atoms with E-state index in [1.807, 2.05) is 36.4 Å². The van der Waals surface area contributed by atoms with Gasteiger partial charge in [0.05, 0.1) is 13.7 Å². The Morgan fingerprint density at radius 1 is 1.06 bits per heavy atom. The number of nitrogens with zero attached hydrogens (tertiary/aromatic N) is 1. The summed E-state index contributed by atoms with van der Waals surface area (Å²) in [4.78, 5) is 4.52. The molecule has 0 saturated carbocycles. The van der Waals surface area contributed by atoms with E-state index in [4.69, 9.17) is 4.74 Å². The lowest BCUT2D eigenvalue weighted by Crippen LogP contribution is -2.11. The Morgan fingerprint density at radius 2 is 1.83 bits per heavy atom.